The van der Waals surface area contributed by atoms with Crippen molar-refractivity contribution in [3.63, 3.8) is 0 Å². The Morgan fingerprint density at radius 1 is 1.26 bits per heavy atom. The van der Waals surface area contributed by atoms with E-state index in [1.807, 2.05) is 29.2 Å². The lowest BCUT2D eigenvalue weighted by Crippen LogP contribution is -2.43. The number of nitrogens with zero attached hydrogens (tertiary/aromatic N) is 1. The monoisotopic (exact) mass is 315 g/mol. The van der Waals surface area contributed by atoms with Crippen molar-refractivity contribution in [2.75, 3.05) is 18.4 Å². The van der Waals surface area contributed by atoms with E-state index in [9.17, 15) is 9.59 Å². The number of nitrogens with one attached hydrogen (secondary N) is 2. The Labute approximate surface area is 137 Å². The van der Waals surface area contributed by atoms with Gasteiger partial charge in [-0.05, 0) is 49.9 Å². The molecule has 0 bridgehead atoms. The van der Waals surface area contributed by atoms with Crippen LogP contribution in [0.25, 0.3) is 0 Å². The van der Waals surface area contributed by atoms with Crippen molar-refractivity contribution >= 4 is 17.5 Å². The Balaban J connectivity index is 1.60. The van der Waals surface area contributed by atoms with E-state index in [0.29, 0.717) is 13.0 Å². The van der Waals surface area contributed by atoms with E-state index >= 15 is 0 Å². The average Bonchev–Trinajstić information content (AvgIpc) is 2.58. The predicted molar refractivity (Wildman–Crippen MR) is 90.0 cm³/mol. The standard InChI is InChI=1S/C18H25N3O2/c22-17-9-2-4-11-21(17)13-14-6-5-7-15(12-14)20-18(23)16-8-1-3-10-19-16/h5-7,12,16,19H,1-4,8-11,13H2,(H,20,23). The van der Waals surface area contributed by atoms with Gasteiger partial charge in [0.1, 0.15) is 0 Å². The SMILES string of the molecule is O=C(Nc1cccc(CN2CCCCC2=O)c1)C1CCCCN1. The molecule has 1 atom stereocenters. The van der Waals surface area contributed by atoms with Gasteiger partial charge in [-0.3, -0.25) is 9.59 Å². The number of hydrogen-bond donors (Lipinski definition) is 2. The number of anilines is 1. The van der Waals surface area contributed by atoms with E-state index < -0.39 is 0 Å². The first kappa shape index (κ1) is 16.0. The molecule has 5 nitrogen and oxygen atoms in total. The normalized spacial score (nSPS) is 22.0. The minimum atomic E-state index is -0.0870. The van der Waals surface area contributed by atoms with Gasteiger partial charge >= 0.3 is 0 Å². The molecule has 2 aliphatic rings. The van der Waals surface area contributed by atoms with E-state index in [-0.39, 0.29) is 17.9 Å². The summed E-state index contributed by atoms with van der Waals surface area (Å²) < 4.78 is 0. The smallest absolute Gasteiger partial charge is 0.241 e. The van der Waals surface area contributed by atoms with Crippen LogP contribution in [0.2, 0.25) is 0 Å². The highest BCUT2D eigenvalue weighted by Gasteiger charge is 2.21. The molecule has 1 unspecified atom stereocenters. The zero-order chi connectivity index (χ0) is 16.1. The van der Waals surface area contributed by atoms with Gasteiger partial charge in [-0.25, -0.2) is 0 Å². The molecule has 2 amide bonds. The lowest BCUT2D eigenvalue weighted by Gasteiger charge is -2.27. The van der Waals surface area contributed by atoms with Crippen LogP contribution in [0.5, 0.6) is 0 Å². The molecular weight excluding hydrogens is 290 g/mol. The summed E-state index contributed by atoms with van der Waals surface area (Å²) in [5.41, 5.74) is 1.87. The number of hydrogen-bond acceptors (Lipinski definition) is 3. The van der Waals surface area contributed by atoms with Gasteiger partial charge in [-0.15, -0.1) is 0 Å². The Morgan fingerprint density at radius 2 is 2.17 bits per heavy atom. The van der Waals surface area contributed by atoms with Gasteiger partial charge in [0.15, 0.2) is 0 Å². The molecule has 0 aromatic heterocycles. The van der Waals surface area contributed by atoms with Crippen LogP contribution in [-0.4, -0.2) is 35.8 Å². The van der Waals surface area contributed by atoms with Gasteiger partial charge in [0, 0.05) is 25.2 Å². The largest absolute Gasteiger partial charge is 0.338 e. The van der Waals surface area contributed by atoms with Crippen LogP contribution in [0.4, 0.5) is 5.69 Å². The fourth-order valence-electron chi connectivity index (χ4n) is 3.30. The fraction of sp³-hybridized carbons (Fsp3) is 0.556. The van der Waals surface area contributed by atoms with Gasteiger partial charge < -0.3 is 15.5 Å². The maximum atomic E-state index is 12.3. The zero-order valence-electron chi connectivity index (χ0n) is 13.5. The Bertz CT molecular complexity index is 567. The van der Waals surface area contributed by atoms with Crippen LogP contribution >= 0.6 is 0 Å². The molecule has 3 rings (SSSR count). The van der Waals surface area contributed by atoms with Gasteiger partial charge in [-0.2, -0.15) is 0 Å². The van der Waals surface area contributed by atoms with Gasteiger partial charge in [0.25, 0.3) is 0 Å². The molecule has 2 fully saturated rings. The second-order valence-electron chi connectivity index (χ2n) is 6.46. The lowest BCUT2D eigenvalue weighted by molar-refractivity contribution is -0.133. The van der Waals surface area contributed by atoms with E-state index in [2.05, 4.69) is 10.6 Å². The number of piperidine rings is 2. The highest BCUT2D eigenvalue weighted by atomic mass is 16.2. The highest BCUT2D eigenvalue weighted by molar-refractivity contribution is 5.94. The number of likely N-dealkylation sites (tertiary alicyclic amines) is 1. The number of rotatable bonds is 4. The molecule has 1 aromatic carbocycles. The van der Waals surface area contributed by atoms with Crippen LogP contribution in [0.1, 0.15) is 44.1 Å². The first-order chi connectivity index (χ1) is 11.2. The van der Waals surface area contributed by atoms with Crippen LogP contribution < -0.4 is 10.6 Å². The third kappa shape index (κ3) is 4.32. The molecule has 0 spiro atoms. The molecule has 2 saturated heterocycles. The zero-order valence-corrected chi connectivity index (χ0v) is 13.5. The van der Waals surface area contributed by atoms with Gasteiger partial charge in [-0.1, -0.05) is 18.6 Å². The molecule has 2 N–H and O–H groups in total. The molecule has 0 aliphatic carbocycles. The van der Waals surface area contributed by atoms with Crippen LogP contribution in [0.15, 0.2) is 24.3 Å². The summed E-state index contributed by atoms with van der Waals surface area (Å²) in [5, 5.41) is 6.26. The molecular formula is C18H25N3O2. The Morgan fingerprint density at radius 3 is 2.96 bits per heavy atom. The van der Waals surface area contributed by atoms with Crippen molar-refractivity contribution in [2.24, 2.45) is 0 Å². The minimum absolute atomic E-state index is 0.0379. The summed E-state index contributed by atoms with van der Waals surface area (Å²) >= 11 is 0. The van der Waals surface area contributed by atoms with Crippen molar-refractivity contribution in [1.29, 1.82) is 0 Å². The van der Waals surface area contributed by atoms with Crippen LogP contribution in [0.3, 0.4) is 0 Å². The van der Waals surface area contributed by atoms with Crippen LogP contribution in [-0.2, 0) is 16.1 Å². The summed E-state index contributed by atoms with van der Waals surface area (Å²) in [6, 6.07) is 7.74. The predicted octanol–water partition coefficient (Wildman–Crippen LogP) is 2.28. The van der Waals surface area contributed by atoms with E-state index in [0.717, 1.165) is 56.4 Å². The summed E-state index contributed by atoms with van der Waals surface area (Å²) in [7, 11) is 0. The minimum Gasteiger partial charge on any atom is -0.338 e. The maximum Gasteiger partial charge on any atom is 0.241 e. The van der Waals surface area contributed by atoms with Crippen molar-refractivity contribution < 1.29 is 9.59 Å². The number of carbonyl (C=O) groups excluding carboxylic acids is 2. The molecule has 23 heavy (non-hydrogen) atoms. The summed E-state index contributed by atoms with van der Waals surface area (Å²) in [4.78, 5) is 26.1. The Kier molecular flexibility index (Phi) is 5.28. The van der Waals surface area contributed by atoms with Gasteiger partial charge in [0.05, 0.1) is 6.04 Å². The second kappa shape index (κ2) is 7.59. The van der Waals surface area contributed by atoms with Crippen molar-refractivity contribution in [3.05, 3.63) is 29.8 Å². The first-order valence-corrected chi connectivity index (χ1v) is 8.63. The second-order valence-corrected chi connectivity index (χ2v) is 6.46. The van der Waals surface area contributed by atoms with Crippen molar-refractivity contribution in [1.82, 2.24) is 10.2 Å². The molecule has 124 valence electrons. The third-order valence-electron chi connectivity index (χ3n) is 4.62. The average molecular weight is 315 g/mol. The molecule has 0 saturated carbocycles. The quantitative estimate of drug-likeness (QED) is 0.896. The first-order valence-electron chi connectivity index (χ1n) is 8.63. The Hall–Kier alpha value is -1.88. The van der Waals surface area contributed by atoms with Crippen LogP contribution in [0, 0.1) is 0 Å². The maximum absolute atomic E-state index is 12.3. The topological polar surface area (TPSA) is 61.4 Å². The molecule has 2 aliphatic heterocycles. The highest BCUT2D eigenvalue weighted by Crippen LogP contribution is 2.18. The summed E-state index contributed by atoms with van der Waals surface area (Å²) in [6.07, 6.45) is 5.87. The van der Waals surface area contributed by atoms with Gasteiger partial charge in [0.2, 0.25) is 11.8 Å². The summed E-state index contributed by atoms with van der Waals surface area (Å²) in [5.74, 6) is 0.271. The van der Waals surface area contributed by atoms with E-state index in [1.165, 1.54) is 0 Å². The third-order valence-corrected chi connectivity index (χ3v) is 4.62. The molecule has 1 aromatic rings. The van der Waals surface area contributed by atoms with E-state index in [1.54, 1.807) is 0 Å². The molecule has 5 heteroatoms. The number of benzene rings is 1. The van der Waals surface area contributed by atoms with Crippen molar-refractivity contribution in [3.8, 4) is 0 Å². The number of amides is 2. The van der Waals surface area contributed by atoms with Crippen molar-refractivity contribution in [2.45, 2.75) is 51.1 Å². The molecule has 0 radical (unpaired) electrons. The fourth-order valence-corrected chi connectivity index (χ4v) is 3.30. The molecule has 2 heterocycles. The van der Waals surface area contributed by atoms with E-state index in [4.69, 9.17) is 0 Å². The lowest BCUT2D eigenvalue weighted by atomic mass is 10.0. The number of carbonyl (C=O) groups is 2. The summed E-state index contributed by atoms with van der Waals surface area (Å²) in [6.45, 7) is 2.38.